The number of hydrogen-bond acceptors (Lipinski definition) is 4. The lowest BCUT2D eigenvalue weighted by molar-refractivity contribution is 0.0527. The third-order valence-corrected chi connectivity index (χ3v) is 2.11. The molecule has 1 aromatic rings. The van der Waals surface area contributed by atoms with Crippen molar-refractivity contribution in [2.75, 3.05) is 6.61 Å². The van der Waals surface area contributed by atoms with E-state index in [4.69, 9.17) is 4.74 Å². The summed E-state index contributed by atoms with van der Waals surface area (Å²) in [6.07, 6.45) is 0.716. The van der Waals surface area contributed by atoms with Crippen LogP contribution in [-0.4, -0.2) is 18.9 Å². The van der Waals surface area contributed by atoms with Gasteiger partial charge in [0.15, 0.2) is 6.29 Å². The monoisotopic (exact) mass is 184 g/mol. The molecule has 1 rings (SSSR count). The topological polar surface area (TPSA) is 43.4 Å². The van der Waals surface area contributed by atoms with Crippen molar-refractivity contribution in [1.29, 1.82) is 0 Å². The Morgan fingerprint density at radius 3 is 3.00 bits per heavy atom. The zero-order valence-electron chi connectivity index (χ0n) is 6.57. The zero-order chi connectivity index (χ0) is 8.97. The first-order chi connectivity index (χ1) is 5.77. The lowest BCUT2D eigenvalue weighted by Gasteiger charge is -1.96. The van der Waals surface area contributed by atoms with Gasteiger partial charge in [-0.15, -0.1) is 11.3 Å². The van der Waals surface area contributed by atoms with Crippen LogP contribution >= 0.6 is 11.3 Å². The van der Waals surface area contributed by atoms with Gasteiger partial charge in [-0.1, -0.05) is 0 Å². The second kappa shape index (κ2) is 4.01. The molecule has 64 valence electrons. The Morgan fingerprint density at radius 2 is 2.50 bits per heavy atom. The lowest BCUT2D eigenvalue weighted by Crippen LogP contribution is -2.02. The first kappa shape index (κ1) is 8.93. The van der Waals surface area contributed by atoms with E-state index in [1.807, 2.05) is 0 Å². The number of hydrogen-bond donors (Lipinski definition) is 0. The first-order valence-corrected chi connectivity index (χ1v) is 4.36. The van der Waals surface area contributed by atoms with Gasteiger partial charge in [0, 0.05) is 5.38 Å². The number of carbonyl (C=O) groups excluding carboxylic acids is 2. The van der Waals surface area contributed by atoms with Crippen molar-refractivity contribution in [3.63, 3.8) is 0 Å². The van der Waals surface area contributed by atoms with E-state index in [9.17, 15) is 9.59 Å². The van der Waals surface area contributed by atoms with Crippen LogP contribution in [0.3, 0.4) is 0 Å². The van der Waals surface area contributed by atoms with Gasteiger partial charge in [0.25, 0.3) is 0 Å². The van der Waals surface area contributed by atoms with Crippen molar-refractivity contribution in [2.45, 2.75) is 6.92 Å². The Labute approximate surface area is 74.0 Å². The van der Waals surface area contributed by atoms with Crippen LogP contribution in [0, 0.1) is 0 Å². The van der Waals surface area contributed by atoms with Crippen LogP contribution in [0.2, 0.25) is 0 Å². The van der Waals surface area contributed by atoms with E-state index in [1.165, 1.54) is 17.4 Å². The average molecular weight is 184 g/mol. The maximum absolute atomic E-state index is 11.0. The van der Waals surface area contributed by atoms with Crippen molar-refractivity contribution in [2.24, 2.45) is 0 Å². The summed E-state index contributed by atoms with van der Waals surface area (Å²) >= 11 is 1.23. The Morgan fingerprint density at radius 1 is 1.75 bits per heavy atom. The molecule has 0 saturated carbocycles. The molecule has 3 nitrogen and oxygen atoms in total. The molecule has 0 N–H and O–H groups in total. The Kier molecular flexibility index (Phi) is 2.99. The molecule has 0 saturated heterocycles. The van der Waals surface area contributed by atoms with E-state index in [2.05, 4.69) is 0 Å². The molecule has 0 bridgehead atoms. The third kappa shape index (κ3) is 1.92. The number of rotatable bonds is 3. The van der Waals surface area contributed by atoms with E-state index in [-0.39, 0.29) is 5.97 Å². The molecular weight excluding hydrogens is 176 g/mol. The van der Waals surface area contributed by atoms with Gasteiger partial charge >= 0.3 is 5.97 Å². The summed E-state index contributed by atoms with van der Waals surface area (Å²) in [6, 6.07) is 1.52. The lowest BCUT2D eigenvalue weighted by atomic mass is 10.3. The van der Waals surface area contributed by atoms with E-state index in [0.717, 1.165) is 0 Å². The van der Waals surface area contributed by atoms with Gasteiger partial charge in [-0.25, -0.2) is 4.79 Å². The fourth-order valence-corrected chi connectivity index (χ4v) is 1.41. The fourth-order valence-electron chi connectivity index (χ4n) is 0.736. The largest absolute Gasteiger partial charge is 0.462 e. The molecule has 0 fully saturated rings. The van der Waals surface area contributed by atoms with Crippen molar-refractivity contribution < 1.29 is 14.3 Å². The average Bonchev–Trinajstić information content (AvgIpc) is 2.52. The van der Waals surface area contributed by atoms with Crippen LogP contribution < -0.4 is 0 Å². The highest BCUT2D eigenvalue weighted by molar-refractivity contribution is 7.12. The molecule has 0 radical (unpaired) electrons. The standard InChI is InChI=1S/C8H8O3S/c1-2-11-8(10)6-3-7(4-9)12-5-6/h3-5H,2H2,1H3. The van der Waals surface area contributed by atoms with Crippen LogP contribution in [0.15, 0.2) is 11.4 Å². The van der Waals surface area contributed by atoms with Crippen LogP contribution in [0.1, 0.15) is 27.0 Å². The van der Waals surface area contributed by atoms with Crippen LogP contribution in [-0.2, 0) is 4.74 Å². The quantitative estimate of drug-likeness (QED) is 0.530. The van der Waals surface area contributed by atoms with Crippen LogP contribution in [0.4, 0.5) is 0 Å². The van der Waals surface area contributed by atoms with Gasteiger partial charge in [-0.05, 0) is 13.0 Å². The third-order valence-electron chi connectivity index (χ3n) is 1.25. The molecular formula is C8H8O3S. The van der Waals surface area contributed by atoms with Gasteiger partial charge in [-0.3, -0.25) is 4.79 Å². The van der Waals surface area contributed by atoms with Crippen molar-refractivity contribution >= 4 is 23.6 Å². The minimum absolute atomic E-state index is 0.352. The smallest absolute Gasteiger partial charge is 0.338 e. The van der Waals surface area contributed by atoms with Crippen molar-refractivity contribution in [1.82, 2.24) is 0 Å². The highest BCUT2D eigenvalue weighted by Crippen LogP contribution is 2.13. The summed E-state index contributed by atoms with van der Waals surface area (Å²) in [5.41, 5.74) is 0.448. The van der Waals surface area contributed by atoms with E-state index < -0.39 is 0 Å². The number of ether oxygens (including phenoxy) is 1. The molecule has 0 atom stereocenters. The molecule has 0 aromatic carbocycles. The van der Waals surface area contributed by atoms with Crippen molar-refractivity contribution in [3.8, 4) is 0 Å². The number of esters is 1. The summed E-state index contributed by atoms with van der Waals surface area (Å²) < 4.78 is 4.74. The van der Waals surface area contributed by atoms with Gasteiger partial charge in [0.05, 0.1) is 17.0 Å². The Balaban J connectivity index is 2.74. The Hall–Kier alpha value is -1.16. The van der Waals surface area contributed by atoms with E-state index >= 15 is 0 Å². The molecule has 0 aliphatic heterocycles. The molecule has 12 heavy (non-hydrogen) atoms. The molecule has 0 amide bonds. The minimum Gasteiger partial charge on any atom is -0.462 e. The molecule has 1 aromatic heterocycles. The number of aldehydes is 1. The normalized spacial score (nSPS) is 9.42. The maximum Gasteiger partial charge on any atom is 0.338 e. The fraction of sp³-hybridized carbons (Fsp3) is 0.250. The second-order valence-electron chi connectivity index (χ2n) is 2.08. The summed E-state index contributed by atoms with van der Waals surface area (Å²) in [5, 5.41) is 1.61. The molecule has 1 heterocycles. The van der Waals surface area contributed by atoms with Crippen LogP contribution in [0.25, 0.3) is 0 Å². The predicted molar refractivity (Wildman–Crippen MR) is 45.7 cm³/mol. The highest BCUT2D eigenvalue weighted by Gasteiger charge is 2.08. The molecule has 0 spiro atoms. The van der Waals surface area contributed by atoms with Gasteiger partial charge in [0.1, 0.15) is 0 Å². The molecule has 0 unspecified atom stereocenters. The van der Waals surface area contributed by atoms with Crippen LogP contribution in [0.5, 0.6) is 0 Å². The first-order valence-electron chi connectivity index (χ1n) is 3.48. The van der Waals surface area contributed by atoms with E-state index in [0.29, 0.717) is 23.3 Å². The highest BCUT2D eigenvalue weighted by atomic mass is 32.1. The molecule has 4 heteroatoms. The van der Waals surface area contributed by atoms with E-state index in [1.54, 1.807) is 12.3 Å². The second-order valence-corrected chi connectivity index (χ2v) is 3.02. The summed E-state index contributed by atoms with van der Waals surface area (Å²) in [6.45, 7) is 2.09. The van der Waals surface area contributed by atoms with Gasteiger partial charge < -0.3 is 4.74 Å². The zero-order valence-corrected chi connectivity index (χ0v) is 7.39. The van der Waals surface area contributed by atoms with Gasteiger partial charge in [0.2, 0.25) is 0 Å². The summed E-state index contributed by atoms with van der Waals surface area (Å²) in [4.78, 5) is 21.8. The number of carbonyl (C=O) groups is 2. The minimum atomic E-state index is -0.373. The summed E-state index contributed by atoms with van der Waals surface area (Å²) in [7, 11) is 0. The van der Waals surface area contributed by atoms with Gasteiger partial charge in [-0.2, -0.15) is 0 Å². The summed E-state index contributed by atoms with van der Waals surface area (Å²) in [5.74, 6) is -0.373. The molecule has 0 aliphatic rings. The molecule has 0 aliphatic carbocycles. The predicted octanol–water partition coefficient (Wildman–Crippen LogP) is 1.74. The maximum atomic E-state index is 11.0. The number of thiophene rings is 1. The Bertz CT molecular complexity index is 290. The SMILES string of the molecule is CCOC(=O)c1csc(C=O)c1. The van der Waals surface area contributed by atoms with Crippen molar-refractivity contribution in [3.05, 3.63) is 21.9 Å².